The van der Waals surface area contributed by atoms with Crippen molar-refractivity contribution in [1.29, 1.82) is 0 Å². The maximum atomic E-state index is 14.7. The van der Waals surface area contributed by atoms with Gasteiger partial charge in [-0.05, 0) is 24.1 Å². The number of hydrogen-bond donors (Lipinski definition) is 1. The smallest absolute Gasteiger partial charge is 0.295 e. The molecule has 0 bridgehead atoms. The molecule has 0 aliphatic carbocycles. The SMILES string of the molecule is COCCN1C(=O)C(=O)/C(=C(\O)c2cccc(OCC(C)C)c2)C1c1ccccc1F. The molecule has 1 atom stereocenters. The minimum atomic E-state index is -1.06. The first kappa shape index (κ1) is 22.5. The molecule has 6 nitrogen and oxygen atoms in total. The highest BCUT2D eigenvalue weighted by Crippen LogP contribution is 2.40. The maximum absolute atomic E-state index is 14.7. The first-order valence-electron chi connectivity index (χ1n) is 10.1. The number of ether oxygens (including phenoxy) is 2. The van der Waals surface area contributed by atoms with Crippen molar-refractivity contribution in [1.82, 2.24) is 4.90 Å². The quantitative estimate of drug-likeness (QED) is 0.393. The van der Waals surface area contributed by atoms with Gasteiger partial charge in [0.05, 0.1) is 24.8 Å². The van der Waals surface area contributed by atoms with Crippen LogP contribution in [0.15, 0.2) is 54.1 Å². The first-order valence-corrected chi connectivity index (χ1v) is 10.1. The zero-order valence-electron chi connectivity index (χ0n) is 17.8. The van der Waals surface area contributed by atoms with Gasteiger partial charge in [-0.2, -0.15) is 0 Å². The molecule has 1 aliphatic rings. The molecule has 3 rings (SSSR count). The number of rotatable bonds is 8. The summed E-state index contributed by atoms with van der Waals surface area (Å²) in [5.41, 5.74) is 0.283. The summed E-state index contributed by atoms with van der Waals surface area (Å²) in [6.07, 6.45) is 0. The number of hydrogen-bond acceptors (Lipinski definition) is 5. The molecule has 1 heterocycles. The van der Waals surface area contributed by atoms with Crippen molar-refractivity contribution in [2.45, 2.75) is 19.9 Å². The minimum absolute atomic E-state index is 0.0778. The van der Waals surface area contributed by atoms with Gasteiger partial charge < -0.3 is 19.5 Å². The third-order valence-electron chi connectivity index (χ3n) is 4.97. The summed E-state index contributed by atoms with van der Waals surface area (Å²) in [5.74, 6) is -1.79. The maximum Gasteiger partial charge on any atom is 0.295 e. The zero-order valence-corrected chi connectivity index (χ0v) is 17.8. The molecule has 2 aromatic carbocycles. The summed E-state index contributed by atoms with van der Waals surface area (Å²) in [6.45, 7) is 4.76. The van der Waals surface area contributed by atoms with Crippen LogP contribution in [0.3, 0.4) is 0 Å². The highest BCUT2D eigenvalue weighted by atomic mass is 19.1. The van der Waals surface area contributed by atoms with Crippen LogP contribution in [0.2, 0.25) is 0 Å². The van der Waals surface area contributed by atoms with E-state index >= 15 is 0 Å². The van der Waals surface area contributed by atoms with Crippen molar-refractivity contribution in [2.75, 3.05) is 26.9 Å². The van der Waals surface area contributed by atoms with E-state index in [9.17, 15) is 19.1 Å². The first-order chi connectivity index (χ1) is 14.8. The predicted molar refractivity (Wildman–Crippen MR) is 114 cm³/mol. The van der Waals surface area contributed by atoms with E-state index in [0.717, 1.165) is 0 Å². The van der Waals surface area contributed by atoms with Gasteiger partial charge in [0.25, 0.3) is 11.7 Å². The molecule has 0 saturated carbocycles. The fraction of sp³-hybridized carbons (Fsp3) is 0.333. The van der Waals surface area contributed by atoms with Crippen LogP contribution in [-0.4, -0.2) is 48.6 Å². The number of carbonyl (C=O) groups is 2. The Labute approximate surface area is 180 Å². The Morgan fingerprint density at radius 2 is 1.90 bits per heavy atom. The lowest BCUT2D eigenvalue weighted by Crippen LogP contribution is -2.33. The molecule has 1 unspecified atom stereocenters. The summed E-state index contributed by atoms with van der Waals surface area (Å²) in [6, 6.07) is 11.5. The number of benzene rings is 2. The molecule has 164 valence electrons. The standard InChI is InChI=1S/C24H26FNO5/c1-15(2)14-31-17-8-6-7-16(13-17)22(27)20-21(18-9-4-5-10-19(18)25)26(11-12-30-3)24(29)23(20)28/h4-10,13,15,21,27H,11-12,14H2,1-3H3/b22-20-. The third-order valence-corrected chi connectivity index (χ3v) is 4.97. The Morgan fingerprint density at radius 3 is 2.58 bits per heavy atom. The second kappa shape index (κ2) is 9.75. The summed E-state index contributed by atoms with van der Waals surface area (Å²) in [5, 5.41) is 11.0. The van der Waals surface area contributed by atoms with E-state index in [2.05, 4.69) is 0 Å². The fourth-order valence-electron chi connectivity index (χ4n) is 3.47. The third kappa shape index (κ3) is 4.77. The summed E-state index contributed by atoms with van der Waals surface area (Å²) < 4.78 is 25.4. The summed E-state index contributed by atoms with van der Waals surface area (Å²) >= 11 is 0. The average Bonchev–Trinajstić information content (AvgIpc) is 3.01. The normalized spacial score (nSPS) is 18.1. The van der Waals surface area contributed by atoms with Crippen LogP contribution in [0.1, 0.15) is 31.0 Å². The molecule has 2 aromatic rings. The molecule has 7 heteroatoms. The lowest BCUT2D eigenvalue weighted by atomic mass is 9.95. The topological polar surface area (TPSA) is 76.1 Å². The number of aliphatic hydroxyl groups is 1. The molecular formula is C24H26FNO5. The number of amides is 1. The van der Waals surface area contributed by atoms with E-state index in [1.807, 2.05) is 13.8 Å². The minimum Gasteiger partial charge on any atom is -0.507 e. The van der Waals surface area contributed by atoms with Gasteiger partial charge in [-0.15, -0.1) is 0 Å². The predicted octanol–water partition coefficient (Wildman–Crippen LogP) is 3.93. The fourth-order valence-corrected chi connectivity index (χ4v) is 3.47. The van der Waals surface area contributed by atoms with E-state index in [0.29, 0.717) is 23.8 Å². The van der Waals surface area contributed by atoms with E-state index in [1.54, 1.807) is 30.3 Å². The van der Waals surface area contributed by atoms with Gasteiger partial charge in [0.1, 0.15) is 17.3 Å². The second-order valence-electron chi connectivity index (χ2n) is 7.74. The van der Waals surface area contributed by atoms with Gasteiger partial charge >= 0.3 is 0 Å². The zero-order chi connectivity index (χ0) is 22.5. The van der Waals surface area contributed by atoms with Crippen LogP contribution in [0.5, 0.6) is 5.75 Å². The number of methoxy groups -OCH3 is 1. The molecule has 31 heavy (non-hydrogen) atoms. The molecule has 0 aromatic heterocycles. The van der Waals surface area contributed by atoms with Crippen LogP contribution < -0.4 is 4.74 Å². The van der Waals surface area contributed by atoms with E-state index in [1.165, 1.54) is 30.2 Å². The lowest BCUT2D eigenvalue weighted by molar-refractivity contribution is -0.140. The van der Waals surface area contributed by atoms with Crippen molar-refractivity contribution in [3.63, 3.8) is 0 Å². The van der Waals surface area contributed by atoms with Crippen molar-refractivity contribution in [3.8, 4) is 5.75 Å². The van der Waals surface area contributed by atoms with Gasteiger partial charge in [-0.25, -0.2) is 4.39 Å². The molecular weight excluding hydrogens is 401 g/mol. The molecule has 0 spiro atoms. The van der Waals surface area contributed by atoms with Crippen molar-refractivity contribution in [2.24, 2.45) is 5.92 Å². The number of likely N-dealkylation sites (tertiary alicyclic amines) is 1. The molecule has 0 radical (unpaired) electrons. The van der Waals surface area contributed by atoms with Crippen LogP contribution >= 0.6 is 0 Å². The average molecular weight is 427 g/mol. The Balaban J connectivity index is 2.10. The highest BCUT2D eigenvalue weighted by molar-refractivity contribution is 6.46. The van der Waals surface area contributed by atoms with Crippen LogP contribution in [0.25, 0.3) is 5.76 Å². The van der Waals surface area contributed by atoms with Crippen molar-refractivity contribution in [3.05, 3.63) is 71.0 Å². The Hall–Kier alpha value is -3.19. The number of ketones is 1. The van der Waals surface area contributed by atoms with E-state index < -0.39 is 23.5 Å². The van der Waals surface area contributed by atoms with Gasteiger partial charge in [0.2, 0.25) is 0 Å². The largest absolute Gasteiger partial charge is 0.507 e. The van der Waals surface area contributed by atoms with Gasteiger partial charge in [0.15, 0.2) is 0 Å². The molecule has 1 N–H and O–H groups in total. The van der Waals surface area contributed by atoms with Gasteiger partial charge in [-0.1, -0.05) is 44.2 Å². The Kier molecular flexibility index (Phi) is 7.07. The molecule has 1 aliphatic heterocycles. The summed E-state index contributed by atoms with van der Waals surface area (Å²) in [4.78, 5) is 26.8. The lowest BCUT2D eigenvalue weighted by Gasteiger charge is -2.25. The summed E-state index contributed by atoms with van der Waals surface area (Å²) in [7, 11) is 1.47. The van der Waals surface area contributed by atoms with E-state index in [4.69, 9.17) is 9.47 Å². The van der Waals surface area contributed by atoms with E-state index in [-0.39, 0.29) is 30.0 Å². The van der Waals surface area contributed by atoms with Crippen LogP contribution in [-0.2, 0) is 14.3 Å². The number of Topliss-reactive ketones (excluding diaryl/α,β-unsaturated/α-hetero) is 1. The Morgan fingerprint density at radius 1 is 1.16 bits per heavy atom. The number of aliphatic hydroxyl groups excluding tert-OH is 1. The molecule has 1 amide bonds. The number of carbonyl (C=O) groups excluding carboxylic acids is 2. The highest BCUT2D eigenvalue weighted by Gasteiger charge is 2.46. The monoisotopic (exact) mass is 427 g/mol. The van der Waals surface area contributed by atoms with Gasteiger partial charge in [-0.3, -0.25) is 9.59 Å². The van der Waals surface area contributed by atoms with Crippen molar-refractivity contribution >= 4 is 17.4 Å². The van der Waals surface area contributed by atoms with Crippen LogP contribution in [0.4, 0.5) is 4.39 Å². The van der Waals surface area contributed by atoms with Gasteiger partial charge in [0, 0.05) is 24.8 Å². The van der Waals surface area contributed by atoms with Crippen molar-refractivity contribution < 1.29 is 28.6 Å². The molecule has 1 fully saturated rings. The number of halogens is 1. The molecule has 1 saturated heterocycles. The number of nitrogens with zero attached hydrogens (tertiary/aromatic N) is 1. The van der Waals surface area contributed by atoms with Crippen LogP contribution in [0, 0.1) is 11.7 Å². The second-order valence-corrected chi connectivity index (χ2v) is 7.74. The Bertz CT molecular complexity index is 1000.